The molecule has 0 atom stereocenters. The highest BCUT2D eigenvalue weighted by Crippen LogP contribution is 2.24. The third kappa shape index (κ3) is 5.57. The van der Waals surface area contributed by atoms with Crippen LogP contribution in [0.1, 0.15) is 10.4 Å². The maximum Gasteiger partial charge on any atom is 0.343 e. The molecule has 3 rings (SSSR count). The minimum atomic E-state index is -4.08. The Bertz CT molecular complexity index is 1070. The molecule has 0 unspecified atom stereocenters. The van der Waals surface area contributed by atoms with Crippen molar-refractivity contribution < 1.29 is 36.6 Å². The number of carbonyl (C=O) groups excluding carboxylic acids is 2. The Morgan fingerprint density at radius 3 is 2.61 bits per heavy atom. The monoisotopic (exact) mass is 452 g/mol. The molecule has 0 bridgehead atoms. The number of methoxy groups -OCH3 is 1. The molecule has 1 N–H and O–H groups in total. The maximum absolute atomic E-state index is 14.3. The van der Waals surface area contributed by atoms with Gasteiger partial charge in [0.25, 0.3) is 5.91 Å². The summed E-state index contributed by atoms with van der Waals surface area (Å²) in [6, 6.07) is 9.37. The molecule has 1 aliphatic heterocycles. The highest BCUT2D eigenvalue weighted by atomic mass is 32.2. The predicted octanol–water partition coefficient (Wildman–Crippen LogP) is 1.65. The van der Waals surface area contributed by atoms with Gasteiger partial charge in [0.2, 0.25) is 10.0 Å². The first-order valence-corrected chi connectivity index (χ1v) is 10.7. The van der Waals surface area contributed by atoms with Crippen molar-refractivity contribution in [1.29, 1.82) is 0 Å². The van der Waals surface area contributed by atoms with E-state index in [9.17, 15) is 22.4 Å². The van der Waals surface area contributed by atoms with Crippen LogP contribution in [-0.4, -0.2) is 64.6 Å². The molecule has 166 valence electrons. The largest absolute Gasteiger partial charge is 0.482 e. The van der Waals surface area contributed by atoms with Gasteiger partial charge in [0.05, 0.1) is 20.3 Å². The number of nitrogens with one attached hydrogen (secondary N) is 1. The number of morpholine rings is 1. The van der Waals surface area contributed by atoms with Crippen LogP contribution in [0.4, 0.5) is 10.1 Å². The fourth-order valence-electron chi connectivity index (χ4n) is 2.84. The van der Waals surface area contributed by atoms with E-state index in [2.05, 4.69) is 10.1 Å². The van der Waals surface area contributed by atoms with E-state index in [0.717, 1.165) is 16.4 Å². The van der Waals surface area contributed by atoms with Crippen LogP contribution < -0.4 is 10.1 Å². The van der Waals surface area contributed by atoms with Crippen LogP contribution >= 0.6 is 0 Å². The predicted molar refractivity (Wildman–Crippen MR) is 108 cm³/mol. The maximum atomic E-state index is 14.3. The fraction of sp³-hybridized carbons (Fsp3) is 0.300. The van der Waals surface area contributed by atoms with Crippen LogP contribution in [0.3, 0.4) is 0 Å². The second-order valence-corrected chi connectivity index (χ2v) is 8.41. The average Bonchev–Trinajstić information content (AvgIpc) is 2.79. The number of anilines is 1. The second kappa shape index (κ2) is 9.86. The Labute approximate surface area is 178 Å². The number of hydrogen-bond acceptors (Lipinski definition) is 7. The van der Waals surface area contributed by atoms with Crippen molar-refractivity contribution in [2.75, 3.05) is 45.3 Å². The van der Waals surface area contributed by atoms with Crippen LogP contribution in [0.15, 0.2) is 47.4 Å². The van der Waals surface area contributed by atoms with Gasteiger partial charge >= 0.3 is 5.97 Å². The molecule has 2 aromatic rings. The van der Waals surface area contributed by atoms with Crippen molar-refractivity contribution in [2.24, 2.45) is 0 Å². The Morgan fingerprint density at radius 1 is 1.16 bits per heavy atom. The molecule has 1 aliphatic rings. The zero-order valence-corrected chi connectivity index (χ0v) is 17.5. The van der Waals surface area contributed by atoms with Gasteiger partial charge in [-0.3, -0.25) is 4.79 Å². The lowest BCUT2D eigenvalue weighted by Crippen LogP contribution is -2.40. The molecule has 1 heterocycles. The number of amides is 1. The summed E-state index contributed by atoms with van der Waals surface area (Å²) in [5.41, 5.74) is 0.309. The fourth-order valence-corrected chi connectivity index (χ4v) is 4.33. The van der Waals surface area contributed by atoms with Crippen molar-refractivity contribution in [1.82, 2.24) is 4.31 Å². The van der Waals surface area contributed by atoms with E-state index in [4.69, 9.17) is 9.47 Å². The van der Waals surface area contributed by atoms with Gasteiger partial charge in [-0.15, -0.1) is 0 Å². The third-order valence-corrected chi connectivity index (χ3v) is 6.37. The summed E-state index contributed by atoms with van der Waals surface area (Å²) in [6.45, 7) is 0.382. The molecule has 11 heteroatoms. The minimum absolute atomic E-state index is 0.110. The summed E-state index contributed by atoms with van der Waals surface area (Å²) in [5.74, 6) is -1.78. The lowest BCUT2D eigenvalue weighted by atomic mass is 10.2. The number of nitrogens with zero attached hydrogens (tertiary/aromatic N) is 1. The van der Waals surface area contributed by atoms with Crippen LogP contribution in [0, 0.1) is 5.82 Å². The van der Waals surface area contributed by atoms with Gasteiger partial charge in [-0.1, -0.05) is 6.07 Å². The normalized spacial score (nSPS) is 14.6. The molecule has 1 amide bonds. The Kier molecular flexibility index (Phi) is 7.21. The number of rotatable bonds is 7. The highest BCUT2D eigenvalue weighted by Gasteiger charge is 2.29. The molecule has 0 aliphatic carbocycles. The summed E-state index contributed by atoms with van der Waals surface area (Å²) in [5, 5.41) is 2.54. The Morgan fingerprint density at radius 2 is 1.90 bits per heavy atom. The molecule has 31 heavy (non-hydrogen) atoms. The molecular weight excluding hydrogens is 431 g/mol. The van der Waals surface area contributed by atoms with Gasteiger partial charge in [-0.25, -0.2) is 17.6 Å². The number of carbonyl (C=O) groups is 2. The summed E-state index contributed by atoms with van der Waals surface area (Å²) in [4.78, 5) is 23.2. The first-order valence-electron chi connectivity index (χ1n) is 9.30. The van der Waals surface area contributed by atoms with E-state index >= 15 is 0 Å². The van der Waals surface area contributed by atoms with Crippen molar-refractivity contribution in [3.8, 4) is 5.75 Å². The number of hydrogen-bond donors (Lipinski definition) is 1. The minimum Gasteiger partial charge on any atom is -0.482 e. The summed E-state index contributed by atoms with van der Waals surface area (Å²) in [7, 11) is -2.85. The second-order valence-electron chi connectivity index (χ2n) is 6.51. The van der Waals surface area contributed by atoms with Crippen LogP contribution in [0.2, 0.25) is 0 Å². The van der Waals surface area contributed by atoms with E-state index in [0.29, 0.717) is 0 Å². The summed E-state index contributed by atoms with van der Waals surface area (Å²) < 4.78 is 55.9. The first-order chi connectivity index (χ1) is 14.8. The number of sulfonamides is 1. The molecule has 0 saturated carbocycles. The van der Waals surface area contributed by atoms with Crippen LogP contribution in [0.5, 0.6) is 5.75 Å². The number of halogens is 1. The zero-order valence-electron chi connectivity index (χ0n) is 16.7. The first kappa shape index (κ1) is 22.7. The number of benzene rings is 2. The highest BCUT2D eigenvalue weighted by molar-refractivity contribution is 7.89. The van der Waals surface area contributed by atoms with Crippen LogP contribution in [-0.2, 0) is 24.3 Å². The van der Waals surface area contributed by atoms with Gasteiger partial charge < -0.3 is 19.5 Å². The molecule has 0 spiro atoms. The standard InChI is InChI=1S/C20H21FN2O7S/c1-28-19(24)13-30-16-4-2-3-14(11-16)20(25)22-15-5-6-17(21)18(12-15)31(26,27)23-7-9-29-10-8-23/h2-6,11-12H,7-10,13H2,1H3,(H,22,25). The van der Waals surface area contributed by atoms with E-state index in [1.165, 1.54) is 25.3 Å². The Hall–Kier alpha value is -3.02. The summed E-state index contributed by atoms with van der Waals surface area (Å²) in [6.07, 6.45) is 0. The van der Waals surface area contributed by atoms with Gasteiger partial charge in [0.15, 0.2) is 6.61 Å². The van der Waals surface area contributed by atoms with E-state index < -0.39 is 32.6 Å². The average molecular weight is 452 g/mol. The summed E-state index contributed by atoms with van der Waals surface area (Å²) >= 11 is 0. The molecular formula is C20H21FN2O7S. The van der Waals surface area contributed by atoms with Crippen molar-refractivity contribution in [3.63, 3.8) is 0 Å². The molecule has 0 radical (unpaired) electrons. The SMILES string of the molecule is COC(=O)COc1cccc(C(=O)Nc2ccc(F)c(S(=O)(=O)N3CCOCC3)c2)c1. The third-order valence-electron chi connectivity index (χ3n) is 4.46. The molecule has 9 nitrogen and oxygen atoms in total. The van der Waals surface area contributed by atoms with Crippen LogP contribution in [0.25, 0.3) is 0 Å². The quantitative estimate of drug-likeness (QED) is 0.636. The lowest BCUT2D eigenvalue weighted by Gasteiger charge is -2.26. The van der Waals surface area contributed by atoms with E-state index in [1.54, 1.807) is 12.1 Å². The lowest BCUT2D eigenvalue weighted by molar-refractivity contribution is -0.142. The molecule has 2 aromatic carbocycles. The Balaban J connectivity index is 1.76. The van der Waals surface area contributed by atoms with Gasteiger partial charge in [0, 0.05) is 24.3 Å². The van der Waals surface area contributed by atoms with Crippen molar-refractivity contribution >= 4 is 27.6 Å². The molecule has 1 saturated heterocycles. The number of esters is 1. The molecule has 0 aromatic heterocycles. The smallest absolute Gasteiger partial charge is 0.343 e. The zero-order chi connectivity index (χ0) is 22.4. The van der Waals surface area contributed by atoms with Gasteiger partial charge in [-0.2, -0.15) is 4.31 Å². The van der Waals surface area contributed by atoms with Crippen molar-refractivity contribution in [3.05, 3.63) is 53.8 Å². The van der Waals surface area contributed by atoms with E-state index in [-0.39, 0.29) is 49.9 Å². The van der Waals surface area contributed by atoms with Gasteiger partial charge in [-0.05, 0) is 36.4 Å². The molecule has 1 fully saturated rings. The van der Waals surface area contributed by atoms with E-state index in [1.807, 2.05) is 0 Å². The number of ether oxygens (including phenoxy) is 3. The topological polar surface area (TPSA) is 111 Å². The van der Waals surface area contributed by atoms with Gasteiger partial charge in [0.1, 0.15) is 16.5 Å². The van der Waals surface area contributed by atoms with Crippen molar-refractivity contribution in [2.45, 2.75) is 4.90 Å².